The first-order valence-electron chi connectivity index (χ1n) is 9.34. The van der Waals surface area contributed by atoms with Crippen molar-refractivity contribution in [1.82, 2.24) is 4.90 Å². The van der Waals surface area contributed by atoms with Gasteiger partial charge in [0.05, 0.1) is 0 Å². The van der Waals surface area contributed by atoms with E-state index in [0.29, 0.717) is 30.6 Å². The fourth-order valence-corrected chi connectivity index (χ4v) is 3.88. The molecule has 0 heterocycles. The van der Waals surface area contributed by atoms with Crippen LogP contribution in [-0.2, 0) is 13.1 Å². The maximum atomic E-state index is 10.3. The Morgan fingerprint density at radius 3 is 1.76 bits per heavy atom. The van der Waals surface area contributed by atoms with Crippen molar-refractivity contribution >= 4 is 0 Å². The number of hydrogen-bond acceptors (Lipinski definition) is 3. The van der Waals surface area contributed by atoms with E-state index >= 15 is 0 Å². The average Bonchev–Trinajstić information content (AvgIpc) is 2.61. The van der Waals surface area contributed by atoms with Gasteiger partial charge in [-0.3, -0.25) is 4.90 Å². The Morgan fingerprint density at radius 1 is 0.800 bits per heavy atom. The molecule has 0 atom stereocenters. The van der Waals surface area contributed by atoms with Gasteiger partial charge in [0.25, 0.3) is 0 Å². The SMILES string of the molecule is Cc1ccc(O)c(CN(Cc2cc(C)ccc2O)C2CCCCC2)c1. The van der Waals surface area contributed by atoms with Gasteiger partial charge in [0, 0.05) is 30.3 Å². The van der Waals surface area contributed by atoms with Crippen LogP contribution in [0.5, 0.6) is 11.5 Å². The minimum Gasteiger partial charge on any atom is -0.508 e. The normalized spacial score (nSPS) is 15.6. The van der Waals surface area contributed by atoms with Crippen molar-refractivity contribution in [3.63, 3.8) is 0 Å². The number of aryl methyl sites for hydroxylation is 2. The summed E-state index contributed by atoms with van der Waals surface area (Å²) in [4.78, 5) is 2.43. The summed E-state index contributed by atoms with van der Waals surface area (Å²) in [5, 5.41) is 20.5. The molecule has 0 unspecified atom stereocenters. The lowest BCUT2D eigenvalue weighted by Gasteiger charge is -2.35. The molecule has 134 valence electrons. The van der Waals surface area contributed by atoms with Gasteiger partial charge < -0.3 is 10.2 Å². The molecule has 3 nitrogen and oxygen atoms in total. The van der Waals surface area contributed by atoms with Crippen molar-refractivity contribution in [2.75, 3.05) is 0 Å². The van der Waals surface area contributed by atoms with E-state index in [2.05, 4.69) is 30.9 Å². The van der Waals surface area contributed by atoms with E-state index < -0.39 is 0 Å². The molecule has 2 aromatic carbocycles. The van der Waals surface area contributed by atoms with Gasteiger partial charge in [0.15, 0.2) is 0 Å². The Kier molecular flexibility index (Phi) is 5.64. The zero-order valence-corrected chi connectivity index (χ0v) is 15.3. The third-order valence-corrected chi connectivity index (χ3v) is 5.31. The van der Waals surface area contributed by atoms with Crippen LogP contribution in [0.3, 0.4) is 0 Å². The molecule has 1 saturated carbocycles. The number of rotatable bonds is 5. The molecule has 0 saturated heterocycles. The van der Waals surface area contributed by atoms with E-state index in [9.17, 15) is 10.2 Å². The molecule has 25 heavy (non-hydrogen) atoms. The summed E-state index contributed by atoms with van der Waals surface area (Å²) in [7, 11) is 0. The van der Waals surface area contributed by atoms with Crippen molar-refractivity contribution in [2.45, 2.75) is 65.1 Å². The highest BCUT2D eigenvalue weighted by atomic mass is 16.3. The molecule has 0 aromatic heterocycles. The predicted molar refractivity (Wildman–Crippen MR) is 102 cm³/mol. The smallest absolute Gasteiger partial charge is 0.120 e. The Bertz CT molecular complexity index is 666. The number of hydrogen-bond donors (Lipinski definition) is 2. The highest BCUT2D eigenvalue weighted by Gasteiger charge is 2.23. The van der Waals surface area contributed by atoms with E-state index in [1.165, 1.54) is 32.1 Å². The molecular weight excluding hydrogens is 310 g/mol. The summed E-state index contributed by atoms with van der Waals surface area (Å²) in [6, 6.07) is 12.1. The topological polar surface area (TPSA) is 43.7 Å². The van der Waals surface area contributed by atoms with Crippen LogP contribution in [0.1, 0.15) is 54.4 Å². The van der Waals surface area contributed by atoms with Gasteiger partial charge in [0.2, 0.25) is 0 Å². The molecule has 1 aliphatic carbocycles. The van der Waals surface area contributed by atoms with Crippen molar-refractivity contribution in [2.24, 2.45) is 0 Å². The predicted octanol–water partition coefficient (Wildman–Crippen LogP) is 5.05. The molecule has 1 aliphatic rings. The molecule has 3 rings (SSSR count). The molecule has 0 spiro atoms. The summed E-state index contributed by atoms with van der Waals surface area (Å²) in [6.07, 6.45) is 6.23. The zero-order chi connectivity index (χ0) is 17.8. The van der Waals surface area contributed by atoms with E-state index in [1.54, 1.807) is 12.1 Å². The fourth-order valence-electron chi connectivity index (χ4n) is 3.88. The molecule has 0 amide bonds. The van der Waals surface area contributed by atoms with Gasteiger partial charge in [-0.2, -0.15) is 0 Å². The Balaban J connectivity index is 1.86. The van der Waals surface area contributed by atoms with Crippen LogP contribution in [0, 0.1) is 13.8 Å². The number of nitrogens with zero attached hydrogens (tertiary/aromatic N) is 1. The van der Waals surface area contributed by atoms with Crippen molar-refractivity contribution in [3.8, 4) is 11.5 Å². The summed E-state index contributed by atoms with van der Waals surface area (Å²) in [5.41, 5.74) is 4.26. The first-order chi connectivity index (χ1) is 12.0. The first kappa shape index (κ1) is 17.8. The summed E-state index contributed by atoms with van der Waals surface area (Å²) < 4.78 is 0. The highest BCUT2D eigenvalue weighted by molar-refractivity contribution is 5.37. The lowest BCUT2D eigenvalue weighted by molar-refractivity contribution is 0.137. The minimum absolute atomic E-state index is 0.361. The van der Waals surface area contributed by atoms with Crippen LogP contribution < -0.4 is 0 Å². The van der Waals surface area contributed by atoms with Crippen molar-refractivity contribution in [1.29, 1.82) is 0 Å². The number of phenols is 2. The molecule has 2 N–H and O–H groups in total. The number of phenolic OH excluding ortho intramolecular Hbond substituents is 2. The molecule has 0 aliphatic heterocycles. The first-order valence-corrected chi connectivity index (χ1v) is 9.34. The van der Waals surface area contributed by atoms with Crippen LogP contribution in [0.15, 0.2) is 36.4 Å². The van der Waals surface area contributed by atoms with Gasteiger partial charge in [0.1, 0.15) is 11.5 Å². The second kappa shape index (κ2) is 7.92. The largest absolute Gasteiger partial charge is 0.508 e. The Labute approximate surface area is 150 Å². The number of aromatic hydroxyl groups is 2. The molecule has 1 fully saturated rings. The van der Waals surface area contributed by atoms with Gasteiger partial charge in [-0.15, -0.1) is 0 Å². The van der Waals surface area contributed by atoms with Crippen LogP contribution >= 0.6 is 0 Å². The van der Waals surface area contributed by atoms with E-state index in [-0.39, 0.29) is 0 Å². The quantitative estimate of drug-likeness (QED) is 0.801. The molecule has 3 heteroatoms. The lowest BCUT2D eigenvalue weighted by Crippen LogP contribution is -2.36. The molecule has 0 radical (unpaired) electrons. The minimum atomic E-state index is 0.361. The van der Waals surface area contributed by atoms with Crippen LogP contribution in [0.25, 0.3) is 0 Å². The van der Waals surface area contributed by atoms with Crippen molar-refractivity contribution in [3.05, 3.63) is 58.7 Å². The molecule has 0 bridgehead atoms. The van der Waals surface area contributed by atoms with Crippen LogP contribution in [0.2, 0.25) is 0 Å². The Morgan fingerprint density at radius 2 is 1.28 bits per heavy atom. The highest BCUT2D eigenvalue weighted by Crippen LogP contribution is 2.30. The van der Waals surface area contributed by atoms with Crippen LogP contribution in [-0.4, -0.2) is 21.2 Å². The standard InChI is InChI=1S/C22H29NO2/c1-16-8-10-21(24)18(12-16)14-23(20-6-4-3-5-7-20)15-19-13-17(2)9-11-22(19)25/h8-13,20,24-25H,3-7,14-15H2,1-2H3. The number of benzene rings is 2. The average molecular weight is 339 g/mol. The summed E-state index contributed by atoms with van der Waals surface area (Å²) >= 11 is 0. The second-order valence-corrected chi connectivity index (χ2v) is 7.46. The monoisotopic (exact) mass is 339 g/mol. The third kappa shape index (κ3) is 4.55. The maximum Gasteiger partial charge on any atom is 0.120 e. The zero-order valence-electron chi connectivity index (χ0n) is 15.3. The van der Waals surface area contributed by atoms with Gasteiger partial charge in [-0.25, -0.2) is 0 Å². The molecular formula is C22H29NO2. The maximum absolute atomic E-state index is 10.3. The third-order valence-electron chi connectivity index (χ3n) is 5.31. The van der Waals surface area contributed by atoms with E-state index in [1.807, 2.05) is 12.1 Å². The van der Waals surface area contributed by atoms with E-state index in [4.69, 9.17) is 0 Å². The van der Waals surface area contributed by atoms with Gasteiger partial charge >= 0.3 is 0 Å². The van der Waals surface area contributed by atoms with E-state index in [0.717, 1.165) is 22.3 Å². The second-order valence-electron chi connectivity index (χ2n) is 7.46. The van der Waals surface area contributed by atoms with Crippen molar-refractivity contribution < 1.29 is 10.2 Å². The Hall–Kier alpha value is -2.00. The molecule has 2 aromatic rings. The lowest BCUT2D eigenvalue weighted by atomic mass is 9.93. The fraction of sp³-hybridized carbons (Fsp3) is 0.455. The summed E-state index contributed by atoms with van der Waals surface area (Å²) in [5.74, 6) is 0.722. The summed E-state index contributed by atoms with van der Waals surface area (Å²) in [6.45, 7) is 5.54. The van der Waals surface area contributed by atoms with Crippen LogP contribution in [0.4, 0.5) is 0 Å². The van der Waals surface area contributed by atoms with Gasteiger partial charge in [-0.1, -0.05) is 54.7 Å². The van der Waals surface area contributed by atoms with Gasteiger partial charge in [-0.05, 0) is 38.8 Å².